The molecule has 0 fully saturated rings. The summed E-state index contributed by atoms with van der Waals surface area (Å²) in [7, 11) is 0. The first-order valence-corrected chi connectivity index (χ1v) is 9.82. The molecule has 0 atom stereocenters. The Morgan fingerprint density at radius 2 is 2.00 bits per heavy atom. The van der Waals surface area contributed by atoms with Crippen LogP contribution in [0.3, 0.4) is 0 Å². The molecule has 1 aliphatic rings. The van der Waals surface area contributed by atoms with E-state index < -0.39 is 11.7 Å². The van der Waals surface area contributed by atoms with Crippen LogP contribution in [0.4, 0.5) is 18.3 Å². The first kappa shape index (κ1) is 19.5. The van der Waals surface area contributed by atoms with E-state index in [4.69, 9.17) is 0 Å². The molecule has 150 valence electrons. The Bertz CT molecular complexity index is 1050. The molecule has 2 aromatic carbocycles. The average molecular weight is 418 g/mol. The molecule has 1 aromatic heterocycles. The van der Waals surface area contributed by atoms with Crippen LogP contribution in [0.2, 0.25) is 0 Å². The van der Waals surface area contributed by atoms with Gasteiger partial charge in [0, 0.05) is 18.5 Å². The van der Waals surface area contributed by atoms with Gasteiger partial charge < -0.3 is 5.32 Å². The van der Waals surface area contributed by atoms with E-state index in [1.54, 1.807) is 12.1 Å². The van der Waals surface area contributed by atoms with Crippen molar-refractivity contribution in [3.63, 3.8) is 0 Å². The maximum atomic E-state index is 12.8. The number of nitrogens with one attached hydrogen (secondary N) is 2. The van der Waals surface area contributed by atoms with Gasteiger partial charge in [0.05, 0.1) is 5.56 Å². The molecule has 0 aliphatic carbocycles. The molecule has 29 heavy (non-hydrogen) atoms. The standard InChI is InChI=1S/C20H17F3N4OS/c21-20(22,23)16-3-1-2-12(8-16)9-17-26-27-19(29-17)25-18(28)14-4-5-15-11-24-7-6-13(15)10-14/h1-5,8,10,24H,6-7,9,11H2,(H,25,27,28). The number of amides is 1. The third kappa shape index (κ3) is 4.63. The maximum absolute atomic E-state index is 12.8. The lowest BCUT2D eigenvalue weighted by Crippen LogP contribution is -2.24. The van der Waals surface area contributed by atoms with Crippen LogP contribution in [0.25, 0.3) is 0 Å². The molecule has 0 bridgehead atoms. The van der Waals surface area contributed by atoms with Crippen molar-refractivity contribution < 1.29 is 18.0 Å². The van der Waals surface area contributed by atoms with Crippen LogP contribution < -0.4 is 10.6 Å². The minimum Gasteiger partial charge on any atom is -0.312 e. The number of carbonyl (C=O) groups excluding carboxylic acids is 1. The third-order valence-corrected chi connectivity index (χ3v) is 5.49. The Hall–Kier alpha value is -2.78. The van der Waals surface area contributed by atoms with Gasteiger partial charge in [-0.1, -0.05) is 35.6 Å². The largest absolute Gasteiger partial charge is 0.416 e. The van der Waals surface area contributed by atoms with E-state index in [0.717, 1.165) is 48.5 Å². The topological polar surface area (TPSA) is 66.9 Å². The fraction of sp³-hybridized carbons (Fsp3) is 0.250. The molecule has 0 saturated carbocycles. The minimum atomic E-state index is -4.39. The molecule has 2 N–H and O–H groups in total. The van der Waals surface area contributed by atoms with Crippen molar-refractivity contribution in [1.82, 2.24) is 15.5 Å². The Morgan fingerprint density at radius 3 is 2.83 bits per heavy atom. The van der Waals surface area contributed by atoms with Crippen molar-refractivity contribution >= 4 is 22.4 Å². The summed E-state index contributed by atoms with van der Waals surface area (Å²) in [5, 5.41) is 14.8. The van der Waals surface area contributed by atoms with Gasteiger partial charge in [-0.15, -0.1) is 10.2 Å². The second-order valence-corrected chi connectivity index (χ2v) is 7.80. The summed E-state index contributed by atoms with van der Waals surface area (Å²) < 4.78 is 38.5. The molecular weight excluding hydrogens is 401 g/mol. The number of benzene rings is 2. The molecule has 0 saturated heterocycles. The number of halogens is 3. The van der Waals surface area contributed by atoms with Gasteiger partial charge in [-0.25, -0.2) is 0 Å². The Morgan fingerprint density at radius 1 is 1.14 bits per heavy atom. The van der Waals surface area contributed by atoms with Crippen LogP contribution in [0, 0.1) is 0 Å². The molecule has 0 radical (unpaired) electrons. The van der Waals surface area contributed by atoms with Gasteiger partial charge in [-0.3, -0.25) is 10.1 Å². The fourth-order valence-electron chi connectivity index (χ4n) is 3.20. The molecule has 9 heteroatoms. The fourth-order valence-corrected chi connectivity index (χ4v) is 3.96. The molecule has 2 heterocycles. The molecule has 5 nitrogen and oxygen atoms in total. The molecular formula is C20H17F3N4OS. The molecule has 0 unspecified atom stereocenters. The van der Waals surface area contributed by atoms with Crippen LogP contribution in [-0.2, 0) is 25.6 Å². The molecule has 3 aromatic rings. The monoisotopic (exact) mass is 418 g/mol. The Kier molecular flexibility index (Phi) is 5.33. The smallest absolute Gasteiger partial charge is 0.312 e. The van der Waals surface area contributed by atoms with Gasteiger partial charge >= 0.3 is 6.18 Å². The van der Waals surface area contributed by atoms with E-state index in [-0.39, 0.29) is 12.3 Å². The summed E-state index contributed by atoms with van der Waals surface area (Å²) in [6.45, 7) is 1.68. The number of rotatable bonds is 4. The van der Waals surface area contributed by atoms with Gasteiger partial charge in [0.2, 0.25) is 5.13 Å². The summed E-state index contributed by atoms with van der Waals surface area (Å²) >= 11 is 1.15. The highest BCUT2D eigenvalue weighted by Crippen LogP contribution is 2.30. The molecule has 1 aliphatic heterocycles. The number of aromatic nitrogens is 2. The van der Waals surface area contributed by atoms with E-state index in [2.05, 4.69) is 20.8 Å². The van der Waals surface area contributed by atoms with E-state index in [1.807, 2.05) is 12.1 Å². The normalized spacial score (nSPS) is 13.8. The van der Waals surface area contributed by atoms with Crippen molar-refractivity contribution in [2.75, 3.05) is 11.9 Å². The second kappa shape index (κ2) is 7.92. The zero-order chi connectivity index (χ0) is 20.4. The number of anilines is 1. The maximum Gasteiger partial charge on any atom is 0.416 e. The van der Waals surface area contributed by atoms with Crippen molar-refractivity contribution in [2.24, 2.45) is 0 Å². The van der Waals surface area contributed by atoms with E-state index in [0.29, 0.717) is 21.3 Å². The lowest BCUT2D eigenvalue weighted by molar-refractivity contribution is -0.137. The number of fused-ring (bicyclic) bond motifs is 1. The molecule has 4 rings (SSSR count). The van der Waals surface area contributed by atoms with Crippen molar-refractivity contribution in [3.8, 4) is 0 Å². The highest BCUT2D eigenvalue weighted by atomic mass is 32.1. The quantitative estimate of drug-likeness (QED) is 0.671. The summed E-state index contributed by atoms with van der Waals surface area (Å²) in [5.41, 5.74) is 2.67. The molecule has 0 spiro atoms. The van der Waals surface area contributed by atoms with Crippen LogP contribution >= 0.6 is 11.3 Å². The van der Waals surface area contributed by atoms with Crippen molar-refractivity contribution in [1.29, 1.82) is 0 Å². The van der Waals surface area contributed by atoms with Gasteiger partial charge in [-0.05, 0) is 47.9 Å². The second-order valence-electron chi connectivity index (χ2n) is 6.74. The highest BCUT2D eigenvalue weighted by molar-refractivity contribution is 7.15. The number of hydrogen-bond acceptors (Lipinski definition) is 5. The van der Waals surface area contributed by atoms with E-state index in [9.17, 15) is 18.0 Å². The first-order valence-electron chi connectivity index (χ1n) is 9.01. The van der Waals surface area contributed by atoms with E-state index in [1.165, 1.54) is 11.6 Å². The number of carbonyl (C=O) groups is 1. The van der Waals surface area contributed by atoms with Crippen LogP contribution in [-0.4, -0.2) is 22.6 Å². The van der Waals surface area contributed by atoms with E-state index >= 15 is 0 Å². The van der Waals surface area contributed by atoms with Crippen molar-refractivity contribution in [3.05, 3.63) is 75.3 Å². The van der Waals surface area contributed by atoms with Crippen LogP contribution in [0.15, 0.2) is 42.5 Å². The van der Waals surface area contributed by atoms with Crippen molar-refractivity contribution in [2.45, 2.75) is 25.6 Å². The SMILES string of the molecule is O=C(Nc1nnc(Cc2cccc(C(F)(F)F)c2)s1)c1ccc2c(c1)CCNC2. The number of hydrogen-bond donors (Lipinski definition) is 2. The lowest BCUT2D eigenvalue weighted by atomic mass is 9.98. The predicted molar refractivity (Wildman–Crippen MR) is 104 cm³/mol. The summed E-state index contributed by atoms with van der Waals surface area (Å²) in [6.07, 6.45) is -3.30. The van der Waals surface area contributed by atoms with Crippen LogP contribution in [0.1, 0.15) is 37.6 Å². The first-order chi connectivity index (χ1) is 13.9. The Balaban J connectivity index is 1.44. The third-order valence-electron chi connectivity index (χ3n) is 4.65. The average Bonchev–Trinajstić information content (AvgIpc) is 3.13. The zero-order valence-corrected chi connectivity index (χ0v) is 16.0. The summed E-state index contributed by atoms with van der Waals surface area (Å²) in [6, 6.07) is 10.7. The number of nitrogens with zero attached hydrogens (tertiary/aromatic N) is 2. The van der Waals surface area contributed by atoms with Gasteiger partial charge in [0.25, 0.3) is 5.91 Å². The minimum absolute atomic E-state index is 0.212. The molecule has 1 amide bonds. The number of alkyl halides is 3. The zero-order valence-electron chi connectivity index (χ0n) is 15.2. The predicted octanol–water partition coefficient (Wildman–Crippen LogP) is 4.05. The van der Waals surface area contributed by atoms with Gasteiger partial charge in [0.15, 0.2) is 0 Å². The highest BCUT2D eigenvalue weighted by Gasteiger charge is 2.30. The van der Waals surface area contributed by atoms with Gasteiger partial charge in [0.1, 0.15) is 5.01 Å². The van der Waals surface area contributed by atoms with Gasteiger partial charge in [-0.2, -0.15) is 13.2 Å². The van der Waals surface area contributed by atoms with Crippen LogP contribution in [0.5, 0.6) is 0 Å². The summed E-state index contributed by atoms with van der Waals surface area (Å²) in [5.74, 6) is -0.284. The lowest BCUT2D eigenvalue weighted by Gasteiger charge is -2.17. The Labute approximate surface area is 169 Å². The summed E-state index contributed by atoms with van der Waals surface area (Å²) in [4.78, 5) is 12.5.